The standard InChI is InChI=1S/C15H23N3O6/c1-11(19)18(10-15(22)23)8-12-7-17(5-6-24-12)14(21)9-16-4-2-3-13(16)20/h12H,2-10H2,1H3,(H,22,23). The summed E-state index contributed by atoms with van der Waals surface area (Å²) in [5.74, 6) is -1.60. The SMILES string of the molecule is CC(=O)N(CC(=O)O)CC1CN(C(=O)CN2CCCC2=O)CCO1. The molecule has 9 heteroatoms. The van der Waals surface area contributed by atoms with Gasteiger partial charge in [0.15, 0.2) is 0 Å². The average molecular weight is 341 g/mol. The van der Waals surface area contributed by atoms with E-state index in [0.29, 0.717) is 26.1 Å². The van der Waals surface area contributed by atoms with Crippen LogP contribution in [-0.2, 0) is 23.9 Å². The lowest BCUT2D eigenvalue weighted by Crippen LogP contribution is -2.52. The largest absolute Gasteiger partial charge is 0.480 e. The van der Waals surface area contributed by atoms with Gasteiger partial charge < -0.3 is 24.5 Å². The van der Waals surface area contributed by atoms with Crippen LogP contribution in [0.2, 0.25) is 0 Å². The van der Waals surface area contributed by atoms with Gasteiger partial charge in [-0.25, -0.2) is 0 Å². The Labute approximate surface area is 140 Å². The van der Waals surface area contributed by atoms with Crippen molar-refractivity contribution >= 4 is 23.7 Å². The van der Waals surface area contributed by atoms with E-state index in [1.54, 1.807) is 9.80 Å². The first-order chi connectivity index (χ1) is 11.4. The second kappa shape index (κ2) is 8.09. The van der Waals surface area contributed by atoms with Gasteiger partial charge in [-0.2, -0.15) is 0 Å². The maximum Gasteiger partial charge on any atom is 0.323 e. The van der Waals surface area contributed by atoms with Crippen LogP contribution in [0.1, 0.15) is 19.8 Å². The van der Waals surface area contributed by atoms with Crippen molar-refractivity contribution < 1.29 is 29.0 Å². The van der Waals surface area contributed by atoms with Gasteiger partial charge in [-0.1, -0.05) is 0 Å². The molecule has 0 saturated carbocycles. The van der Waals surface area contributed by atoms with Gasteiger partial charge in [0.1, 0.15) is 6.54 Å². The summed E-state index contributed by atoms with van der Waals surface area (Å²) in [6, 6.07) is 0. The van der Waals surface area contributed by atoms with E-state index in [0.717, 1.165) is 6.42 Å². The van der Waals surface area contributed by atoms with Crippen LogP contribution < -0.4 is 0 Å². The molecule has 2 aliphatic heterocycles. The Morgan fingerprint density at radius 3 is 2.67 bits per heavy atom. The summed E-state index contributed by atoms with van der Waals surface area (Å²) < 4.78 is 5.55. The van der Waals surface area contributed by atoms with Gasteiger partial charge in [0, 0.05) is 39.5 Å². The van der Waals surface area contributed by atoms with E-state index in [2.05, 4.69) is 0 Å². The topological polar surface area (TPSA) is 107 Å². The van der Waals surface area contributed by atoms with Crippen molar-refractivity contribution in [3.05, 3.63) is 0 Å². The number of likely N-dealkylation sites (tertiary alicyclic amines) is 1. The fraction of sp³-hybridized carbons (Fsp3) is 0.733. The predicted octanol–water partition coefficient (Wildman–Crippen LogP) is -1.23. The Morgan fingerprint density at radius 2 is 2.08 bits per heavy atom. The van der Waals surface area contributed by atoms with E-state index in [1.807, 2.05) is 0 Å². The fourth-order valence-corrected chi connectivity index (χ4v) is 2.90. The van der Waals surface area contributed by atoms with Gasteiger partial charge in [0.2, 0.25) is 17.7 Å². The molecule has 0 aromatic heterocycles. The molecule has 2 aliphatic rings. The minimum atomic E-state index is -1.10. The van der Waals surface area contributed by atoms with E-state index in [-0.39, 0.29) is 37.4 Å². The Bertz CT molecular complexity index is 523. The Balaban J connectivity index is 1.88. The van der Waals surface area contributed by atoms with Crippen LogP contribution in [0.4, 0.5) is 0 Å². The van der Waals surface area contributed by atoms with E-state index >= 15 is 0 Å². The van der Waals surface area contributed by atoms with Crippen molar-refractivity contribution in [3.63, 3.8) is 0 Å². The van der Waals surface area contributed by atoms with Gasteiger partial charge in [-0.15, -0.1) is 0 Å². The predicted molar refractivity (Wildman–Crippen MR) is 82.0 cm³/mol. The number of ether oxygens (including phenoxy) is 1. The normalized spacial score (nSPS) is 21.0. The molecule has 0 bridgehead atoms. The fourth-order valence-electron chi connectivity index (χ4n) is 2.90. The highest BCUT2D eigenvalue weighted by Crippen LogP contribution is 2.12. The van der Waals surface area contributed by atoms with E-state index in [1.165, 1.54) is 11.8 Å². The number of nitrogens with zero attached hydrogens (tertiary/aromatic N) is 3. The quantitative estimate of drug-likeness (QED) is 0.648. The van der Waals surface area contributed by atoms with Crippen molar-refractivity contribution in [3.8, 4) is 0 Å². The second-order valence-electron chi connectivity index (χ2n) is 6.04. The monoisotopic (exact) mass is 341 g/mol. The maximum atomic E-state index is 12.3. The Morgan fingerprint density at radius 1 is 1.33 bits per heavy atom. The number of carbonyl (C=O) groups is 4. The number of hydrogen-bond donors (Lipinski definition) is 1. The number of amides is 3. The summed E-state index contributed by atoms with van der Waals surface area (Å²) in [7, 11) is 0. The molecule has 2 heterocycles. The minimum absolute atomic E-state index is 0.00243. The molecular formula is C15H23N3O6. The Hall–Kier alpha value is -2.16. The highest BCUT2D eigenvalue weighted by Gasteiger charge is 2.30. The van der Waals surface area contributed by atoms with E-state index in [9.17, 15) is 19.2 Å². The summed E-state index contributed by atoms with van der Waals surface area (Å²) >= 11 is 0. The smallest absolute Gasteiger partial charge is 0.323 e. The number of carboxylic acid groups (broad SMARTS) is 1. The molecule has 3 amide bonds. The van der Waals surface area contributed by atoms with Crippen LogP contribution in [0.3, 0.4) is 0 Å². The third-order valence-electron chi connectivity index (χ3n) is 4.18. The average Bonchev–Trinajstić information content (AvgIpc) is 2.91. The molecule has 2 rings (SSSR count). The third kappa shape index (κ3) is 4.92. The lowest BCUT2D eigenvalue weighted by Gasteiger charge is -2.35. The van der Waals surface area contributed by atoms with Gasteiger partial charge in [0.05, 0.1) is 19.3 Å². The molecule has 0 aromatic carbocycles. The van der Waals surface area contributed by atoms with Crippen molar-refractivity contribution in [1.82, 2.24) is 14.7 Å². The number of hydrogen-bond acceptors (Lipinski definition) is 5. The lowest BCUT2D eigenvalue weighted by molar-refractivity contribution is -0.149. The molecular weight excluding hydrogens is 318 g/mol. The highest BCUT2D eigenvalue weighted by atomic mass is 16.5. The number of carboxylic acids is 1. The zero-order valence-electron chi connectivity index (χ0n) is 13.8. The highest BCUT2D eigenvalue weighted by molar-refractivity contribution is 5.86. The molecule has 9 nitrogen and oxygen atoms in total. The van der Waals surface area contributed by atoms with Gasteiger partial charge in [-0.05, 0) is 6.42 Å². The molecule has 0 radical (unpaired) electrons. The summed E-state index contributed by atoms with van der Waals surface area (Å²) in [5, 5.41) is 8.85. The molecule has 0 aromatic rings. The first-order valence-corrected chi connectivity index (χ1v) is 8.01. The second-order valence-corrected chi connectivity index (χ2v) is 6.04. The molecule has 2 saturated heterocycles. The van der Waals surface area contributed by atoms with Gasteiger partial charge >= 0.3 is 5.97 Å². The maximum absolute atomic E-state index is 12.3. The van der Waals surface area contributed by atoms with Gasteiger partial charge in [-0.3, -0.25) is 19.2 Å². The summed E-state index contributed by atoms with van der Waals surface area (Å²) in [6.45, 7) is 2.73. The molecule has 1 N–H and O–H groups in total. The van der Waals surface area contributed by atoms with Crippen molar-refractivity contribution in [2.24, 2.45) is 0 Å². The lowest BCUT2D eigenvalue weighted by atomic mass is 10.2. The molecule has 0 aliphatic carbocycles. The molecule has 1 unspecified atom stereocenters. The first kappa shape index (κ1) is 18.2. The number of rotatable bonds is 6. The molecule has 2 fully saturated rings. The summed E-state index contributed by atoms with van der Waals surface area (Å²) in [6.07, 6.45) is 0.836. The van der Waals surface area contributed by atoms with Crippen LogP contribution in [0.15, 0.2) is 0 Å². The van der Waals surface area contributed by atoms with E-state index < -0.39 is 18.6 Å². The van der Waals surface area contributed by atoms with Gasteiger partial charge in [0.25, 0.3) is 0 Å². The molecule has 1 atom stereocenters. The zero-order chi connectivity index (χ0) is 17.7. The van der Waals surface area contributed by atoms with Crippen LogP contribution in [0.25, 0.3) is 0 Å². The summed E-state index contributed by atoms with van der Waals surface area (Å²) in [4.78, 5) is 50.6. The zero-order valence-corrected chi connectivity index (χ0v) is 13.8. The third-order valence-corrected chi connectivity index (χ3v) is 4.18. The number of morpholine rings is 1. The van der Waals surface area contributed by atoms with Crippen LogP contribution >= 0.6 is 0 Å². The number of carbonyl (C=O) groups excluding carboxylic acids is 3. The van der Waals surface area contributed by atoms with Crippen LogP contribution in [-0.4, -0.2) is 95.5 Å². The van der Waals surface area contributed by atoms with Crippen molar-refractivity contribution in [2.75, 3.05) is 45.9 Å². The van der Waals surface area contributed by atoms with Crippen LogP contribution in [0, 0.1) is 0 Å². The van der Waals surface area contributed by atoms with Crippen LogP contribution in [0.5, 0.6) is 0 Å². The summed E-state index contributed by atoms with van der Waals surface area (Å²) in [5.41, 5.74) is 0. The number of aliphatic carboxylic acids is 1. The minimum Gasteiger partial charge on any atom is -0.480 e. The van der Waals surface area contributed by atoms with Crippen molar-refractivity contribution in [1.29, 1.82) is 0 Å². The van der Waals surface area contributed by atoms with Crippen molar-refractivity contribution in [2.45, 2.75) is 25.9 Å². The molecule has 0 spiro atoms. The molecule has 24 heavy (non-hydrogen) atoms. The Kier molecular flexibility index (Phi) is 6.13. The van der Waals surface area contributed by atoms with E-state index in [4.69, 9.17) is 9.84 Å². The first-order valence-electron chi connectivity index (χ1n) is 8.01. The molecule has 134 valence electrons.